The van der Waals surface area contributed by atoms with E-state index in [9.17, 15) is 14.0 Å². The molecule has 0 aromatic heterocycles. The number of aryl methyl sites for hydroxylation is 1. The Labute approximate surface area is 127 Å². The molecule has 1 N–H and O–H groups in total. The first-order chi connectivity index (χ1) is 10.5. The summed E-state index contributed by atoms with van der Waals surface area (Å²) in [5, 5.41) is 2.75. The lowest BCUT2D eigenvalue weighted by molar-refractivity contribution is -0.125. The summed E-state index contributed by atoms with van der Waals surface area (Å²) in [6.45, 7) is 2.53. The molecule has 7 heteroatoms. The first-order valence-corrected chi connectivity index (χ1v) is 7.07. The molecule has 0 bridgehead atoms. The minimum absolute atomic E-state index is 0.0779. The summed E-state index contributed by atoms with van der Waals surface area (Å²) in [6.07, 6.45) is 0.845. The first-order valence-electron chi connectivity index (χ1n) is 7.07. The Bertz CT molecular complexity index is 641. The van der Waals surface area contributed by atoms with Crippen molar-refractivity contribution in [2.45, 2.75) is 25.3 Å². The number of amides is 3. The maximum atomic E-state index is 14.0. The SMILES string of the molecule is COc1cc(C)c(N2C(=O)NC3(CCOCC3)C2=O)cc1F. The van der Waals surface area contributed by atoms with E-state index in [1.165, 1.54) is 13.2 Å². The number of nitrogens with one attached hydrogen (secondary N) is 1. The first kappa shape index (κ1) is 14.8. The number of ether oxygens (including phenoxy) is 2. The molecule has 118 valence electrons. The van der Waals surface area contributed by atoms with Crippen molar-refractivity contribution in [2.24, 2.45) is 0 Å². The van der Waals surface area contributed by atoms with Crippen LogP contribution in [0.25, 0.3) is 0 Å². The molecule has 22 heavy (non-hydrogen) atoms. The lowest BCUT2D eigenvalue weighted by Crippen LogP contribution is -2.51. The Balaban J connectivity index is 2.00. The number of imide groups is 1. The summed E-state index contributed by atoms with van der Waals surface area (Å²) < 4.78 is 24.1. The van der Waals surface area contributed by atoms with Crippen LogP contribution in [-0.4, -0.2) is 37.8 Å². The fraction of sp³-hybridized carbons (Fsp3) is 0.467. The number of hydrogen-bond donors (Lipinski definition) is 1. The summed E-state index contributed by atoms with van der Waals surface area (Å²) in [7, 11) is 1.36. The van der Waals surface area contributed by atoms with Gasteiger partial charge in [-0.15, -0.1) is 0 Å². The van der Waals surface area contributed by atoms with Crippen molar-refractivity contribution in [3.8, 4) is 5.75 Å². The maximum Gasteiger partial charge on any atom is 0.329 e. The molecule has 0 aliphatic carbocycles. The quantitative estimate of drug-likeness (QED) is 0.845. The highest BCUT2D eigenvalue weighted by molar-refractivity contribution is 6.23. The monoisotopic (exact) mass is 308 g/mol. The second kappa shape index (κ2) is 5.24. The molecule has 0 atom stereocenters. The zero-order valence-corrected chi connectivity index (χ0v) is 12.4. The standard InChI is InChI=1S/C15H17FN2O4/c1-9-7-12(21-2)10(16)8-11(9)18-13(19)15(17-14(18)20)3-5-22-6-4-15/h7-8H,3-6H2,1-2H3,(H,17,20). The van der Waals surface area contributed by atoms with Crippen LogP contribution in [0.5, 0.6) is 5.75 Å². The van der Waals surface area contributed by atoms with E-state index in [1.54, 1.807) is 6.92 Å². The molecular weight excluding hydrogens is 291 g/mol. The van der Waals surface area contributed by atoms with Crippen molar-refractivity contribution in [2.75, 3.05) is 25.2 Å². The highest BCUT2D eigenvalue weighted by Gasteiger charge is 2.52. The molecule has 0 saturated carbocycles. The number of rotatable bonds is 2. The number of anilines is 1. The molecule has 2 heterocycles. The van der Waals surface area contributed by atoms with E-state index in [0.29, 0.717) is 31.6 Å². The number of carbonyl (C=O) groups is 2. The third kappa shape index (κ3) is 2.12. The molecule has 6 nitrogen and oxygen atoms in total. The van der Waals surface area contributed by atoms with Crippen LogP contribution < -0.4 is 15.0 Å². The van der Waals surface area contributed by atoms with Crippen molar-refractivity contribution in [3.05, 3.63) is 23.5 Å². The molecule has 3 rings (SSSR count). The van der Waals surface area contributed by atoms with Crippen LogP contribution in [0.3, 0.4) is 0 Å². The van der Waals surface area contributed by atoms with Crippen molar-refractivity contribution in [1.29, 1.82) is 0 Å². The molecule has 3 amide bonds. The van der Waals surface area contributed by atoms with E-state index >= 15 is 0 Å². The minimum atomic E-state index is -0.932. The van der Waals surface area contributed by atoms with E-state index < -0.39 is 17.4 Å². The molecular formula is C15H17FN2O4. The van der Waals surface area contributed by atoms with Gasteiger partial charge in [-0.3, -0.25) is 4.79 Å². The molecule has 2 aliphatic rings. The molecule has 1 aromatic carbocycles. The molecule has 2 aliphatic heterocycles. The number of nitrogens with zero attached hydrogens (tertiary/aromatic N) is 1. The van der Waals surface area contributed by atoms with Gasteiger partial charge in [0.2, 0.25) is 0 Å². The maximum absolute atomic E-state index is 14.0. The Hall–Kier alpha value is -2.15. The van der Waals surface area contributed by atoms with Crippen molar-refractivity contribution < 1.29 is 23.5 Å². The van der Waals surface area contributed by atoms with Gasteiger partial charge in [0.1, 0.15) is 5.54 Å². The van der Waals surface area contributed by atoms with Crippen molar-refractivity contribution >= 4 is 17.6 Å². The lowest BCUT2D eigenvalue weighted by atomic mass is 9.90. The normalized spacial score (nSPS) is 20.4. The predicted octanol–water partition coefficient (Wildman–Crippen LogP) is 1.75. The smallest absolute Gasteiger partial charge is 0.329 e. The zero-order valence-electron chi connectivity index (χ0n) is 12.4. The Morgan fingerprint density at radius 1 is 1.32 bits per heavy atom. The topological polar surface area (TPSA) is 67.9 Å². The highest BCUT2D eigenvalue weighted by atomic mass is 19.1. The number of carbonyl (C=O) groups excluding carboxylic acids is 2. The number of hydrogen-bond acceptors (Lipinski definition) is 4. The fourth-order valence-electron chi connectivity index (χ4n) is 2.94. The van der Waals surface area contributed by atoms with Gasteiger partial charge >= 0.3 is 6.03 Å². The van der Waals surface area contributed by atoms with Gasteiger partial charge in [0.25, 0.3) is 5.91 Å². The molecule has 1 aromatic rings. The Kier molecular flexibility index (Phi) is 3.52. The van der Waals surface area contributed by atoms with Gasteiger partial charge in [0.15, 0.2) is 11.6 Å². The van der Waals surface area contributed by atoms with Crippen LogP contribution in [0.1, 0.15) is 18.4 Å². The average Bonchev–Trinajstić information content (AvgIpc) is 2.73. The van der Waals surface area contributed by atoms with Gasteiger partial charge in [-0.25, -0.2) is 14.1 Å². The third-order valence-corrected chi connectivity index (χ3v) is 4.22. The van der Waals surface area contributed by atoms with E-state index in [-0.39, 0.29) is 17.3 Å². The van der Waals surface area contributed by atoms with Gasteiger partial charge in [-0.2, -0.15) is 0 Å². The second-order valence-corrected chi connectivity index (χ2v) is 5.54. The highest BCUT2D eigenvalue weighted by Crippen LogP contribution is 2.35. The van der Waals surface area contributed by atoms with Crippen LogP contribution in [0, 0.1) is 12.7 Å². The van der Waals surface area contributed by atoms with Crippen molar-refractivity contribution in [3.63, 3.8) is 0 Å². The molecule has 0 radical (unpaired) electrons. The van der Waals surface area contributed by atoms with E-state index in [2.05, 4.69) is 5.32 Å². The van der Waals surface area contributed by atoms with E-state index in [0.717, 1.165) is 11.0 Å². The Morgan fingerprint density at radius 3 is 2.64 bits per heavy atom. The van der Waals surface area contributed by atoms with Crippen LogP contribution in [0.15, 0.2) is 12.1 Å². The van der Waals surface area contributed by atoms with Crippen LogP contribution in [0.4, 0.5) is 14.9 Å². The van der Waals surface area contributed by atoms with Gasteiger partial charge in [0, 0.05) is 32.1 Å². The predicted molar refractivity (Wildman–Crippen MR) is 76.5 cm³/mol. The number of benzene rings is 1. The molecule has 2 fully saturated rings. The molecule has 1 spiro atoms. The third-order valence-electron chi connectivity index (χ3n) is 4.22. The zero-order chi connectivity index (χ0) is 15.9. The van der Waals surface area contributed by atoms with Crippen LogP contribution in [0.2, 0.25) is 0 Å². The van der Waals surface area contributed by atoms with Gasteiger partial charge in [0.05, 0.1) is 12.8 Å². The van der Waals surface area contributed by atoms with E-state index in [4.69, 9.17) is 9.47 Å². The average molecular weight is 308 g/mol. The lowest BCUT2D eigenvalue weighted by Gasteiger charge is -2.30. The van der Waals surface area contributed by atoms with Gasteiger partial charge in [-0.05, 0) is 18.6 Å². The largest absolute Gasteiger partial charge is 0.494 e. The van der Waals surface area contributed by atoms with E-state index in [1.807, 2.05) is 0 Å². The summed E-state index contributed by atoms with van der Waals surface area (Å²) >= 11 is 0. The summed E-state index contributed by atoms with van der Waals surface area (Å²) in [5.41, 5.74) is -0.104. The Morgan fingerprint density at radius 2 is 2.00 bits per heavy atom. The van der Waals surface area contributed by atoms with Gasteiger partial charge < -0.3 is 14.8 Å². The number of urea groups is 1. The summed E-state index contributed by atoms with van der Waals surface area (Å²) in [4.78, 5) is 26.0. The van der Waals surface area contributed by atoms with Gasteiger partial charge in [-0.1, -0.05) is 0 Å². The molecule has 2 saturated heterocycles. The van der Waals surface area contributed by atoms with Crippen LogP contribution in [-0.2, 0) is 9.53 Å². The molecule has 0 unspecified atom stereocenters. The number of halogens is 1. The van der Waals surface area contributed by atoms with Crippen molar-refractivity contribution in [1.82, 2.24) is 5.32 Å². The fourth-order valence-corrected chi connectivity index (χ4v) is 2.94. The summed E-state index contributed by atoms with van der Waals surface area (Å²) in [6, 6.07) is 2.10. The number of methoxy groups -OCH3 is 1. The summed E-state index contributed by atoms with van der Waals surface area (Å²) in [5.74, 6) is -0.890. The minimum Gasteiger partial charge on any atom is -0.494 e. The van der Waals surface area contributed by atoms with Crippen LogP contribution >= 0.6 is 0 Å². The second-order valence-electron chi connectivity index (χ2n) is 5.54.